The van der Waals surface area contributed by atoms with Crippen molar-refractivity contribution in [1.82, 2.24) is 4.98 Å². The van der Waals surface area contributed by atoms with Crippen molar-refractivity contribution in [3.8, 4) is 11.6 Å². The van der Waals surface area contributed by atoms with Crippen molar-refractivity contribution in [2.45, 2.75) is 20.0 Å². The Morgan fingerprint density at radius 3 is 2.16 bits per heavy atom. The highest BCUT2D eigenvalue weighted by molar-refractivity contribution is 5.33. The van der Waals surface area contributed by atoms with Crippen LogP contribution in [-0.2, 0) is 6.18 Å². The molecule has 0 fully saturated rings. The van der Waals surface area contributed by atoms with Gasteiger partial charge < -0.3 is 4.74 Å². The molecule has 0 aliphatic rings. The van der Waals surface area contributed by atoms with Crippen molar-refractivity contribution in [1.29, 1.82) is 0 Å². The molecule has 1 heterocycles. The van der Waals surface area contributed by atoms with Crippen LogP contribution in [0.1, 0.15) is 16.8 Å². The molecule has 1 aromatic carbocycles. The maximum absolute atomic E-state index is 12.4. The number of hydrogen-bond donors (Lipinski definition) is 0. The Bertz CT molecular complexity index is 556. The highest BCUT2D eigenvalue weighted by Crippen LogP contribution is 2.31. The van der Waals surface area contributed by atoms with Crippen LogP contribution in [0.2, 0.25) is 0 Å². The number of halogens is 3. The van der Waals surface area contributed by atoms with Crippen LogP contribution in [0.5, 0.6) is 11.6 Å². The maximum atomic E-state index is 12.4. The predicted molar refractivity (Wildman–Crippen MR) is 65.2 cm³/mol. The highest BCUT2D eigenvalue weighted by atomic mass is 19.4. The molecule has 0 aliphatic carbocycles. The first-order chi connectivity index (χ1) is 8.84. The van der Waals surface area contributed by atoms with E-state index < -0.39 is 11.7 Å². The van der Waals surface area contributed by atoms with Gasteiger partial charge in [0.15, 0.2) is 0 Å². The van der Waals surface area contributed by atoms with Crippen molar-refractivity contribution in [2.75, 3.05) is 0 Å². The molecule has 2 rings (SSSR count). The van der Waals surface area contributed by atoms with Crippen LogP contribution in [0.25, 0.3) is 0 Å². The lowest BCUT2D eigenvalue weighted by atomic mass is 10.2. The molecule has 100 valence electrons. The summed E-state index contributed by atoms with van der Waals surface area (Å²) in [5.74, 6) is 0.697. The van der Waals surface area contributed by atoms with Gasteiger partial charge in [-0.05, 0) is 49.7 Å². The van der Waals surface area contributed by atoms with Gasteiger partial charge in [-0.1, -0.05) is 0 Å². The van der Waals surface area contributed by atoms with E-state index >= 15 is 0 Å². The van der Waals surface area contributed by atoms with Crippen LogP contribution < -0.4 is 4.74 Å². The number of aryl methyl sites for hydroxylation is 2. The number of pyridine rings is 1. The fourth-order valence-electron chi connectivity index (χ4n) is 1.69. The Hall–Kier alpha value is -2.04. The summed E-state index contributed by atoms with van der Waals surface area (Å²) in [6.07, 6.45) is -4.34. The van der Waals surface area contributed by atoms with Crippen LogP contribution >= 0.6 is 0 Å². The van der Waals surface area contributed by atoms with Gasteiger partial charge in [0, 0.05) is 11.8 Å². The van der Waals surface area contributed by atoms with Gasteiger partial charge in [-0.25, -0.2) is 4.98 Å². The van der Waals surface area contributed by atoms with Crippen LogP contribution in [0.4, 0.5) is 13.2 Å². The van der Waals surface area contributed by atoms with E-state index in [0.29, 0.717) is 11.6 Å². The van der Waals surface area contributed by atoms with E-state index in [-0.39, 0.29) is 0 Å². The van der Waals surface area contributed by atoms with E-state index in [4.69, 9.17) is 4.74 Å². The monoisotopic (exact) mass is 267 g/mol. The van der Waals surface area contributed by atoms with Gasteiger partial charge in [0.25, 0.3) is 0 Å². The molecule has 0 bridgehead atoms. The second-order valence-corrected chi connectivity index (χ2v) is 4.25. The first-order valence-corrected chi connectivity index (χ1v) is 5.65. The summed E-state index contributed by atoms with van der Waals surface area (Å²) in [4.78, 5) is 4.16. The fourth-order valence-corrected chi connectivity index (χ4v) is 1.69. The van der Waals surface area contributed by atoms with Crippen molar-refractivity contribution in [3.05, 3.63) is 53.2 Å². The maximum Gasteiger partial charge on any atom is 0.416 e. The van der Waals surface area contributed by atoms with Gasteiger partial charge in [0.05, 0.1) is 5.56 Å². The Labute approximate surface area is 108 Å². The largest absolute Gasteiger partial charge is 0.439 e. The molecule has 0 atom stereocenters. The van der Waals surface area contributed by atoms with Crippen LogP contribution in [0.3, 0.4) is 0 Å². The van der Waals surface area contributed by atoms with Crippen molar-refractivity contribution in [2.24, 2.45) is 0 Å². The van der Waals surface area contributed by atoms with Crippen molar-refractivity contribution in [3.63, 3.8) is 0 Å². The second-order valence-electron chi connectivity index (χ2n) is 4.25. The zero-order valence-corrected chi connectivity index (χ0v) is 10.5. The van der Waals surface area contributed by atoms with Gasteiger partial charge in [0.1, 0.15) is 5.75 Å². The molecule has 0 N–H and O–H groups in total. The van der Waals surface area contributed by atoms with Crippen LogP contribution in [0, 0.1) is 13.8 Å². The second kappa shape index (κ2) is 4.91. The Morgan fingerprint density at radius 1 is 1.00 bits per heavy atom. The summed E-state index contributed by atoms with van der Waals surface area (Å²) in [7, 11) is 0. The number of hydrogen-bond acceptors (Lipinski definition) is 2. The summed E-state index contributed by atoms with van der Waals surface area (Å²) < 4.78 is 42.6. The molecule has 0 unspecified atom stereocenters. The molecule has 5 heteroatoms. The topological polar surface area (TPSA) is 22.1 Å². The molecule has 0 amide bonds. The number of nitrogens with zero attached hydrogens (tertiary/aromatic N) is 1. The fraction of sp³-hybridized carbons (Fsp3) is 0.214. The van der Waals surface area contributed by atoms with E-state index in [1.165, 1.54) is 12.1 Å². The Morgan fingerprint density at radius 2 is 1.63 bits per heavy atom. The number of ether oxygens (including phenoxy) is 1. The number of benzene rings is 1. The molecule has 2 aromatic rings. The average molecular weight is 267 g/mol. The molecule has 0 saturated carbocycles. The normalized spacial score (nSPS) is 11.4. The van der Waals surface area contributed by atoms with E-state index in [1.807, 2.05) is 19.9 Å². The van der Waals surface area contributed by atoms with Crippen molar-refractivity contribution >= 4 is 0 Å². The molecule has 0 radical (unpaired) electrons. The summed E-state index contributed by atoms with van der Waals surface area (Å²) in [5.41, 5.74) is 1.07. The lowest BCUT2D eigenvalue weighted by molar-refractivity contribution is -0.137. The number of alkyl halides is 3. The van der Waals surface area contributed by atoms with E-state index in [9.17, 15) is 13.2 Å². The molecule has 2 nitrogen and oxygen atoms in total. The summed E-state index contributed by atoms with van der Waals surface area (Å²) in [6.45, 7) is 3.72. The first-order valence-electron chi connectivity index (χ1n) is 5.65. The van der Waals surface area contributed by atoms with Gasteiger partial charge in [-0.15, -0.1) is 0 Å². The average Bonchev–Trinajstić information content (AvgIpc) is 2.26. The predicted octanol–water partition coefficient (Wildman–Crippen LogP) is 4.51. The first kappa shape index (κ1) is 13.4. The van der Waals surface area contributed by atoms with Gasteiger partial charge in [-0.2, -0.15) is 13.2 Å². The SMILES string of the molecule is Cc1cc(C)nc(Oc2ccc(C(F)(F)F)cc2)c1. The summed E-state index contributed by atoms with van der Waals surface area (Å²) in [5, 5.41) is 0. The molecule has 0 saturated heterocycles. The summed E-state index contributed by atoms with van der Waals surface area (Å²) in [6, 6.07) is 8.14. The molecule has 0 spiro atoms. The van der Waals surface area contributed by atoms with Crippen LogP contribution in [-0.4, -0.2) is 4.98 Å². The molecular weight excluding hydrogens is 255 g/mol. The quantitative estimate of drug-likeness (QED) is 0.798. The zero-order chi connectivity index (χ0) is 14.0. The minimum Gasteiger partial charge on any atom is -0.439 e. The lowest BCUT2D eigenvalue weighted by Gasteiger charge is -2.09. The van der Waals surface area contributed by atoms with E-state index in [1.54, 1.807) is 6.07 Å². The van der Waals surface area contributed by atoms with E-state index in [2.05, 4.69) is 4.98 Å². The third-order valence-electron chi connectivity index (χ3n) is 2.48. The van der Waals surface area contributed by atoms with Gasteiger partial charge >= 0.3 is 6.18 Å². The van der Waals surface area contributed by atoms with Gasteiger partial charge in [-0.3, -0.25) is 0 Å². The summed E-state index contributed by atoms with van der Waals surface area (Å²) >= 11 is 0. The van der Waals surface area contributed by atoms with Gasteiger partial charge in [0.2, 0.25) is 5.88 Å². The van der Waals surface area contributed by atoms with Crippen molar-refractivity contribution < 1.29 is 17.9 Å². The molecule has 0 aliphatic heterocycles. The minimum atomic E-state index is -4.34. The lowest BCUT2D eigenvalue weighted by Crippen LogP contribution is -2.04. The third-order valence-corrected chi connectivity index (χ3v) is 2.48. The Balaban J connectivity index is 2.20. The number of rotatable bonds is 2. The Kier molecular flexibility index (Phi) is 3.46. The standard InChI is InChI=1S/C14H12F3NO/c1-9-7-10(2)18-13(8-9)19-12-5-3-11(4-6-12)14(15,16)17/h3-8H,1-2H3. The third kappa shape index (κ3) is 3.47. The van der Waals surface area contributed by atoms with Crippen LogP contribution in [0.15, 0.2) is 36.4 Å². The smallest absolute Gasteiger partial charge is 0.416 e. The zero-order valence-electron chi connectivity index (χ0n) is 10.5. The minimum absolute atomic E-state index is 0.325. The molecule has 1 aromatic heterocycles. The molecule has 19 heavy (non-hydrogen) atoms. The van der Waals surface area contributed by atoms with E-state index in [0.717, 1.165) is 23.4 Å². The number of aromatic nitrogens is 1. The highest BCUT2D eigenvalue weighted by Gasteiger charge is 2.30. The molecular formula is C14H12F3NO.